The van der Waals surface area contributed by atoms with Crippen molar-refractivity contribution in [2.45, 2.75) is 52.1 Å². The monoisotopic (exact) mass is 399 g/mol. The highest BCUT2D eigenvalue weighted by atomic mass is 32.2. The van der Waals surface area contributed by atoms with E-state index in [0.29, 0.717) is 25.0 Å². The predicted molar refractivity (Wildman–Crippen MR) is 108 cm³/mol. The molecule has 0 aromatic carbocycles. The SMILES string of the molecule is CCNC(=NCc1cc(C(C)C)no1)NC1CCN(CCS(C)(=O)=O)CC1. The summed E-state index contributed by atoms with van der Waals surface area (Å²) in [7, 11) is -2.90. The van der Waals surface area contributed by atoms with Gasteiger partial charge in [-0.1, -0.05) is 19.0 Å². The minimum absolute atomic E-state index is 0.227. The van der Waals surface area contributed by atoms with Gasteiger partial charge >= 0.3 is 0 Å². The summed E-state index contributed by atoms with van der Waals surface area (Å²) in [5.41, 5.74) is 0.944. The molecular formula is C18H33N5O3S. The minimum Gasteiger partial charge on any atom is -0.359 e. The largest absolute Gasteiger partial charge is 0.359 e. The second-order valence-corrected chi connectivity index (χ2v) is 9.72. The van der Waals surface area contributed by atoms with E-state index in [2.05, 4.69) is 39.5 Å². The zero-order valence-corrected chi connectivity index (χ0v) is 17.7. The van der Waals surface area contributed by atoms with Crippen molar-refractivity contribution in [3.05, 3.63) is 17.5 Å². The van der Waals surface area contributed by atoms with Gasteiger partial charge in [0, 0.05) is 44.5 Å². The van der Waals surface area contributed by atoms with Crippen LogP contribution < -0.4 is 10.6 Å². The van der Waals surface area contributed by atoms with Crippen molar-refractivity contribution < 1.29 is 12.9 Å². The van der Waals surface area contributed by atoms with Crippen molar-refractivity contribution in [1.82, 2.24) is 20.7 Å². The van der Waals surface area contributed by atoms with E-state index in [0.717, 1.165) is 49.9 Å². The summed E-state index contributed by atoms with van der Waals surface area (Å²) < 4.78 is 28.0. The fourth-order valence-electron chi connectivity index (χ4n) is 2.94. The van der Waals surface area contributed by atoms with Crippen LogP contribution in [0.5, 0.6) is 0 Å². The Kier molecular flexibility index (Phi) is 8.09. The lowest BCUT2D eigenvalue weighted by atomic mass is 10.1. The van der Waals surface area contributed by atoms with Gasteiger partial charge in [-0.25, -0.2) is 13.4 Å². The highest BCUT2D eigenvalue weighted by Gasteiger charge is 2.20. The van der Waals surface area contributed by atoms with Gasteiger partial charge in [0.2, 0.25) is 0 Å². The van der Waals surface area contributed by atoms with Gasteiger partial charge in [0.25, 0.3) is 0 Å². The van der Waals surface area contributed by atoms with Crippen molar-refractivity contribution in [2.75, 3.05) is 38.2 Å². The van der Waals surface area contributed by atoms with Crippen LogP contribution in [0.15, 0.2) is 15.6 Å². The Morgan fingerprint density at radius 3 is 2.67 bits per heavy atom. The van der Waals surface area contributed by atoms with E-state index in [9.17, 15) is 8.42 Å². The van der Waals surface area contributed by atoms with Crippen LogP contribution in [0, 0.1) is 0 Å². The summed E-state index contributed by atoms with van der Waals surface area (Å²) in [6.07, 6.45) is 3.22. The molecule has 1 fully saturated rings. The summed E-state index contributed by atoms with van der Waals surface area (Å²) in [5.74, 6) is 2.09. The topological polar surface area (TPSA) is 99.8 Å². The number of aromatic nitrogens is 1. The third-order valence-electron chi connectivity index (χ3n) is 4.61. The third-order valence-corrected chi connectivity index (χ3v) is 5.54. The fourth-order valence-corrected chi connectivity index (χ4v) is 3.53. The van der Waals surface area contributed by atoms with Gasteiger partial charge in [0.15, 0.2) is 11.7 Å². The summed E-state index contributed by atoms with van der Waals surface area (Å²) >= 11 is 0. The Bertz CT molecular complexity index is 706. The first-order chi connectivity index (χ1) is 12.8. The molecule has 1 saturated heterocycles. The van der Waals surface area contributed by atoms with Crippen LogP contribution >= 0.6 is 0 Å². The van der Waals surface area contributed by atoms with Gasteiger partial charge in [0.05, 0.1) is 11.4 Å². The first-order valence-corrected chi connectivity index (χ1v) is 11.7. The fraction of sp³-hybridized carbons (Fsp3) is 0.778. The minimum atomic E-state index is -2.90. The van der Waals surface area contributed by atoms with Gasteiger partial charge in [-0.2, -0.15) is 0 Å². The maximum Gasteiger partial charge on any atom is 0.191 e. The van der Waals surface area contributed by atoms with Crippen LogP contribution in [0.2, 0.25) is 0 Å². The van der Waals surface area contributed by atoms with Crippen LogP contribution in [0.25, 0.3) is 0 Å². The van der Waals surface area contributed by atoms with E-state index in [1.54, 1.807) is 0 Å². The lowest BCUT2D eigenvalue weighted by molar-refractivity contribution is 0.216. The molecule has 0 spiro atoms. The molecule has 1 aliphatic rings. The number of sulfone groups is 1. The zero-order valence-electron chi connectivity index (χ0n) is 16.9. The van der Waals surface area contributed by atoms with E-state index >= 15 is 0 Å². The number of nitrogens with one attached hydrogen (secondary N) is 2. The van der Waals surface area contributed by atoms with E-state index in [-0.39, 0.29) is 5.75 Å². The lowest BCUT2D eigenvalue weighted by Crippen LogP contribution is -2.49. The number of guanidine groups is 1. The highest BCUT2D eigenvalue weighted by molar-refractivity contribution is 7.90. The second-order valence-electron chi connectivity index (χ2n) is 7.46. The summed E-state index contributed by atoms with van der Waals surface area (Å²) in [6, 6.07) is 2.29. The molecule has 0 amide bonds. The summed E-state index contributed by atoms with van der Waals surface area (Å²) in [4.78, 5) is 6.82. The zero-order chi connectivity index (χ0) is 19.9. The molecule has 0 atom stereocenters. The van der Waals surface area contributed by atoms with Crippen LogP contribution in [-0.2, 0) is 16.4 Å². The van der Waals surface area contributed by atoms with Crippen LogP contribution in [-0.4, -0.2) is 68.7 Å². The predicted octanol–water partition coefficient (Wildman–Crippen LogP) is 1.36. The van der Waals surface area contributed by atoms with Crippen molar-refractivity contribution in [3.8, 4) is 0 Å². The number of likely N-dealkylation sites (tertiary alicyclic amines) is 1. The van der Waals surface area contributed by atoms with E-state index in [1.165, 1.54) is 6.26 Å². The Labute approximate surface area is 162 Å². The Morgan fingerprint density at radius 1 is 1.41 bits per heavy atom. The average molecular weight is 400 g/mol. The maximum atomic E-state index is 11.3. The quantitative estimate of drug-likeness (QED) is 0.503. The van der Waals surface area contributed by atoms with Crippen LogP contribution in [0.3, 0.4) is 0 Å². The van der Waals surface area contributed by atoms with Crippen molar-refractivity contribution in [2.24, 2.45) is 4.99 Å². The molecular weight excluding hydrogens is 366 g/mol. The first kappa shape index (κ1) is 21.7. The average Bonchev–Trinajstić information content (AvgIpc) is 3.08. The number of hydrogen-bond donors (Lipinski definition) is 2. The molecule has 1 aliphatic heterocycles. The summed E-state index contributed by atoms with van der Waals surface area (Å²) in [5, 5.41) is 10.8. The molecule has 1 aromatic heterocycles. The molecule has 9 heteroatoms. The highest BCUT2D eigenvalue weighted by Crippen LogP contribution is 2.15. The van der Waals surface area contributed by atoms with E-state index < -0.39 is 9.84 Å². The molecule has 8 nitrogen and oxygen atoms in total. The van der Waals surface area contributed by atoms with Gasteiger partial charge < -0.3 is 20.1 Å². The standard InChI is InChI=1S/C18H33N5O3S/c1-5-19-18(20-13-16-12-17(14(2)3)22-26-16)21-15-6-8-23(9-7-15)10-11-27(4,24)25/h12,14-15H,5-11,13H2,1-4H3,(H2,19,20,21). The molecule has 27 heavy (non-hydrogen) atoms. The third kappa shape index (κ3) is 7.88. The van der Waals surface area contributed by atoms with Crippen molar-refractivity contribution >= 4 is 15.8 Å². The van der Waals surface area contributed by atoms with Gasteiger partial charge in [-0.05, 0) is 25.7 Å². The molecule has 1 aromatic rings. The number of nitrogens with zero attached hydrogens (tertiary/aromatic N) is 3. The Hall–Kier alpha value is -1.61. The molecule has 0 unspecified atom stereocenters. The first-order valence-electron chi connectivity index (χ1n) is 9.67. The number of rotatable bonds is 8. The summed E-state index contributed by atoms with van der Waals surface area (Å²) in [6.45, 7) is 9.84. The Morgan fingerprint density at radius 2 is 2.11 bits per heavy atom. The number of hydrogen-bond acceptors (Lipinski definition) is 6. The van der Waals surface area contributed by atoms with Gasteiger partial charge in [-0.3, -0.25) is 0 Å². The molecule has 0 aliphatic carbocycles. The van der Waals surface area contributed by atoms with Crippen molar-refractivity contribution in [3.63, 3.8) is 0 Å². The maximum absolute atomic E-state index is 11.3. The second kappa shape index (κ2) is 10.1. The molecule has 0 saturated carbocycles. The number of aliphatic imine (C=N–C) groups is 1. The normalized spacial score (nSPS) is 17.4. The molecule has 2 heterocycles. The van der Waals surface area contributed by atoms with E-state index in [1.807, 2.05) is 13.0 Å². The Balaban J connectivity index is 1.83. The molecule has 154 valence electrons. The molecule has 2 rings (SSSR count). The van der Waals surface area contributed by atoms with Crippen LogP contribution in [0.4, 0.5) is 0 Å². The smallest absolute Gasteiger partial charge is 0.191 e. The van der Waals surface area contributed by atoms with Crippen molar-refractivity contribution in [1.29, 1.82) is 0 Å². The van der Waals surface area contributed by atoms with Crippen LogP contribution in [0.1, 0.15) is 51.0 Å². The molecule has 2 N–H and O–H groups in total. The van der Waals surface area contributed by atoms with Gasteiger partial charge in [0.1, 0.15) is 16.4 Å². The number of piperidine rings is 1. The molecule has 0 radical (unpaired) electrons. The molecule has 0 bridgehead atoms. The van der Waals surface area contributed by atoms with Gasteiger partial charge in [-0.15, -0.1) is 0 Å². The lowest BCUT2D eigenvalue weighted by Gasteiger charge is -2.32. The van der Waals surface area contributed by atoms with E-state index in [4.69, 9.17) is 4.52 Å².